The highest BCUT2D eigenvalue weighted by Crippen LogP contribution is 2.43. The van der Waals surface area contributed by atoms with Gasteiger partial charge in [-0.2, -0.15) is 0 Å². The second kappa shape index (κ2) is 9.43. The number of hydrogen-bond acceptors (Lipinski definition) is 5. The van der Waals surface area contributed by atoms with Gasteiger partial charge in [0.2, 0.25) is 5.95 Å². The maximum atomic E-state index is 5.19. The van der Waals surface area contributed by atoms with Crippen LogP contribution < -0.4 is 0 Å². The van der Waals surface area contributed by atoms with Gasteiger partial charge in [0.15, 0.2) is 0 Å². The van der Waals surface area contributed by atoms with Crippen LogP contribution in [0.25, 0.3) is 61.4 Å². The highest BCUT2D eigenvalue weighted by molar-refractivity contribution is 7.99. The summed E-state index contributed by atoms with van der Waals surface area (Å²) in [7, 11) is 0. The minimum absolute atomic E-state index is 0.664. The van der Waals surface area contributed by atoms with Gasteiger partial charge >= 0.3 is 0 Å². The summed E-state index contributed by atoms with van der Waals surface area (Å²) < 4.78 is 2.23. The molecule has 0 spiro atoms. The summed E-state index contributed by atoms with van der Waals surface area (Å²) in [5.41, 5.74) is 9.74. The molecule has 0 amide bonds. The van der Waals surface area contributed by atoms with Gasteiger partial charge < -0.3 is 0 Å². The van der Waals surface area contributed by atoms with Gasteiger partial charge in [0.1, 0.15) is 0 Å². The van der Waals surface area contributed by atoms with Gasteiger partial charge in [0.25, 0.3) is 0 Å². The zero-order valence-corrected chi connectivity index (χ0v) is 22.3. The zero-order valence-electron chi connectivity index (χ0n) is 21.5. The second-order valence-corrected chi connectivity index (χ2v) is 11.0. The second-order valence-electron chi connectivity index (χ2n) is 9.89. The van der Waals surface area contributed by atoms with Crippen molar-refractivity contribution < 1.29 is 0 Å². The summed E-state index contributed by atoms with van der Waals surface area (Å²) in [6.45, 7) is 0. The number of thioether (sulfide) groups is 1. The zero-order chi connectivity index (χ0) is 26.5. The van der Waals surface area contributed by atoms with Crippen LogP contribution in [0.3, 0.4) is 0 Å². The molecule has 7 aromatic rings. The standard InChI is InChI=1S/C34H23N5S/c1-2-4-30-27(3-1)32-31(10-9-26-15-20-40-33(26)32)39(30)34-37-28(21-29(38-34)25-13-18-36-19-14-25)24-7-5-22(6-8-24)23-11-16-35-17-12-23/h1-14,16-19,21H,15,20H2. The summed E-state index contributed by atoms with van der Waals surface area (Å²) in [5, 5.41) is 2.54. The lowest BCUT2D eigenvalue weighted by Crippen LogP contribution is -2.04. The first-order valence-corrected chi connectivity index (χ1v) is 14.3. The SMILES string of the molecule is c1ccc2c(c1)c1c3c(ccc1n2-c1nc(-c2ccncc2)cc(-c2ccc(-c4ccncc4)cc2)n1)CCS3. The van der Waals surface area contributed by atoms with E-state index in [0.717, 1.165) is 56.8 Å². The lowest BCUT2D eigenvalue weighted by atomic mass is 10.0. The fourth-order valence-corrected chi connectivity index (χ4v) is 6.88. The van der Waals surface area contributed by atoms with E-state index in [-0.39, 0.29) is 0 Å². The Morgan fingerprint density at radius 3 is 1.98 bits per heavy atom. The largest absolute Gasteiger partial charge is 0.278 e. The van der Waals surface area contributed by atoms with Gasteiger partial charge in [0.05, 0.1) is 22.4 Å². The van der Waals surface area contributed by atoms with E-state index < -0.39 is 0 Å². The number of benzene rings is 3. The van der Waals surface area contributed by atoms with Crippen LogP contribution in [0.5, 0.6) is 0 Å². The Kier molecular flexibility index (Phi) is 5.45. The third-order valence-corrected chi connectivity index (χ3v) is 8.74. The van der Waals surface area contributed by atoms with Crippen molar-refractivity contribution in [1.29, 1.82) is 0 Å². The minimum atomic E-state index is 0.664. The molecule has 0 unspecified atom stereocenters. The first kappa shape index (κ1) is 23.1. The van der Waals surface area contributed by atoms with Crippen molar-refractivity contribution in [3.05, 3.63) is 121 Å². The Bertz CT molecular complexity index is 2020. The lowest BCUT2D eigenvalue weighted by Gasteiger charge is -2.12. The molecule has 4 aromatic heterocycles. The molecule has 190 valence electrons. The van der Waals surface area contributed by atoms with Gasteiger partial charge in [0, 0.05) is 57.3 Å². The molecular weight excluding hydrogens is 510 g/mol. The normalized spacial score (nSPS) is 12.7. The van der Waals surface area contributed by atoms with Crippen molar-refractivity contribution in [2.24, 2.45) is 0 Å². The molecule has 5 heterocycles. The molecule has 0 fully saturated rings. The van der Waals surface area contributed by atoms with E-state index in [1.54, 1.807) is 12.4 Å². The van der Waals surface area contributed by atoms with Crippen molar-refractivity contribution in [2.75, 3.05) is 5.75 Å². The Hall–Kier alpha value is -4.81. The number of hydrogen-bond donors (Lipinski definition) is 0. The van der Waals surface area contributed by atoms with Crippen LogP contribution in [0, 0.1) is 0 Å². The topological polar surface area (TPSA) is 56.5 Å². The predicted octanol–water partition coefficient (Wildman–Crippen LogP) is 8.01. The molecule has 6 heteroatoms. The number of pyridine rings is 2. The molecule has 3 aromatic carbocycles. The number of fused-ring (bicyclic) bond motifs is 5. The number of rotatable bonds is 4. The number of aromatic nitrogens is 5. The fraction of sp³-hybridized carbons (Fsp3) is 0.0588. The van der Waals surface area contributed by atoms with Crippen LogP contribution in [0.2, 0.25) is 0 Å². The number of nitrogens with zero attached hydrogens (tertiary/aromatic N) is 5. The van der Waals surface area contributed by atoms with Crippen molar-refractivity contribution in [3.8, 4) is 39.6 Å². The molecule has 40 heavy (non-hydrogen) atoms. The molecular formula is C34H23N5S. The molecule has 0 radical (unpaired) electrons. The quantitative estimate of drug-likeness (QED) is 0.229. The molecule has 1 aliphatic rings. The van der Waals surface area contributed by atoms with Gasteiger partial charge in [-0.1, -0.05) is 48.5 Å². The minimum Gasteiger partial charge on any atom is -0.278 e. The smallest absolute Gasteiger partial charge is 0.235 e. The van der Waals surface area contributed by atoms with E-state index in [1.165, 1.54) is 21.2 Å². The predicted molar refractivity (Wildman–Crippen MR) is 163 cm³/mol. The number of aryl methyl sites for hydroxylation is 1. The Balaban J connectivity index is 1.36. The van der Waals surface area contributed by atoms with Crippen molar-refractivity contribution in [1.82, 2.24) is 24.5 Å². The van der Waals surface area contributed by atoms with Gasteiger partial charge in [-0.25, -0.2) is 9.97 Å². The van der Waals surface area contributed by atoms with Crippen LogP contribution in [-0.2, 0) is 6.42 Å². The molecule has 5 nitrogen and oxygen atoms in total. The van der Waals surface area contributed by atoms with E-state index in [0.29, 0.717) is 5.95 Å². The highest BCUT2D eigenvalue weighted by Gasteiger charge is 2.22. The highest BCUT2D eigenvalue weighted by atomic mass is 32.2. The van der Waals surface area contributed by atoms with Gasteiger partial charge in [-0.15, -0.1) is 11.8 Å². The van der Waals surface area contributed by atoms with Crippen molar-refractivity contribution in [3.63, 3.8) is 0 Å². The Morgan fingerprint density at radius 1 is 0.600 bits per heavy atom. The van der Waals surface area contributed by atoms with E-state index in [1.807, 2.05) is 48.4 Å². The summed E-state index contributed by atoms with van der Waals surface area (Å²) in [6, 6.07) is 31.8. The van der Waals surface area contributed by atoms with E-state index in [4.69, 9.17) is 9.97 Å². The monoisotopic (exact) mass is 533 g/mol. The molecule has 0 atom stereocenters. The molecule has 8 rings (SSSR count). The average Bonchev–Trinajstić information content (AvgIpc) is 3.64. The first-order chi connectivity index (χ1) is 19.8. The Morgan fingerprint density at radius 2 is 1.23 bits per heavy atom. The summed E-state index contributed by atoms with van der Waals surface area (Å²) >= 11 is 1.96. The van der Waals surface area contributed by atoms with Crippen LogP contribution >= 0.6 is 11.8 Å². The molecule has 0 saturated heterocycles. The van der Waals surface area contributed by atoms with Crippen LogP contribution in [0.15, 0.2) is 121 Å². The average molecular weight is 534 g/mol. The first-order valence-electron chi connectivity index (χ1n) is 13.3. The van der Waals surface area contributed by atoms with Crippen molar-refractivity contribution in [2.45, 2.75) is 11.3 Å². The van der Waals surface area contributed by atoms with E-state index in [9.17, 15) is 0 Å². The number of para-hydroxylation sites is 1. The third-order valence-electron chi connectivity index (χ3n) is 7.57. The summed E-state index contributed by atoms with van der Waals surface area (Å²) in [5.74, 6) is 1.79. The van der Waals surface area contributed by atoms with E-state index >= 15 is 0 Å². The summed E-state index contributed by atoms with van der Waals surface area (Å²) in [4.78, 5) is 20.1. The molecule has 1 aliphatic heterocycles. The Labute approximate surface area is 235 Å². The third kappa shape index (κ3) is 3.80. The molecule has 0 aliphatic carbocycles. The fourth-order valence-electron chi connectivity index (χ4n) is 5.64. The van der Waals surface area contributed by atoms with Crippen LogP contribution in [0.1, 0.15) is 5.56 Å². The lowest BCUT2D eigenvalue weighted by molar-refractivity contribution is 0.994. The van der Waals surface area contributed by atoms with Crippen LogP contribution in [0.4, 0.5) is 0 Å². The van der Waals surface area contributed by atoms with Crippen LogP contribution in [-0.4, -0.2) is 30.3 Å². The maximum Gasteiger partial charge on any atom is 0.235 e. The molecule has 0 N–H and O–H groups in total. The van der Waals surface area contributed by atoms with E-state index in [2.05, 4.69) is 81.3 Å². The van der Waals surface area contributed by atoms with Gasteiger partial charge in [-0.3, -0.25) is 14.5 Å². The molecule has 0 bridgehead atoms. The van der Waals surface area contributed by atoms with Crippen molar-refractivity contribution >= 4 is 33.6 Å². The van der Waals surface area contributed by atoms with Gasteiger partial charge in [-0.05, 0) is 65.6 Å². The molecule has 0 saturated carbocycles. The maximum absolute atomic E-state index is 5.19. The summed E-state index contributed by atoms with van der Waals surface area (Å²) in [6.07, 6.45) is 8.37.